The molecule has 0 atom stereocenters. The van der Waals surface area contributed by atoms with Crippen molar-refractivity contribution in [3.8, 4) is 12.1 Å². The maximum Gasteiger partial charge on any atom is 0.148 e. The fraction of sp³-hybridized carbons (Fsp3) is 0.278. The van der Waals surface area contributed by atoms with Gasteiger partial charge in [0, 0.05) is 24.0 Å². The van der Waals surface area contributed by atoms with Crippen LogP contribution >= 0.6 is 11.8 Å². The van der Waals surface area contributed by atoms with Gasteiger partial charge in [0.25, 0.3) is 0 Å². The second-order valence-electron chi connectivity index (χ2n) is 5.63. The van der Waals surface area contributed by atoms with Crippen LogP contribution in [0.3, 0.4) is 0 Å². The number of aromatic nitrogens is 1. The quantitative estimate of drug-likeness (QED) is 0.924. The van der Waals surface area contributed by atoms with E-state index < -0.39 is 0 Å². The number of nitriles is 2. The maximum absolute atomic E-state index is 9.62. The van der Waals surface area contributed by atoms with E-state index in [2.05, 4.69) is 17.1 Å². The Kier molecular flexibility index (Phi) is 4.71. The highest BCUT2D eigenvalue weighted by molar-refractivity contribution is 7.99. The summed E-state index contributed by atoms with van der Waals surface area (Å²) in [5.74, 6) is 0.647. The molecule has 0 bridgehead atoms. The van der Waals surface area contributed by atoms with Gasteiger partial charge in [-0.1, -0.05) is 36.9 Å². The molecule has 6 heteroatoms. The van der Waals surface area contributed by atoms with Crippen molar-refractivity contribution in [2.75, 3.05) is 18.0 Å². The number of benzene rings is 1. The lowest BCUT2D eigenvalue weighted by molar-refractivity contribution is 0.512. The SMILES string of the molecule is CCc1c(C#N)c(Sc2ccccc2)nc(N2CC(N)C2)c1C#N. The first kappa shape index (κ1) is 16.3. The molecule has 0 unspecified atom stereocenters. The Morgan fingerprint density at radius 1 is 1.21 bits per heavy atom. The second-order valence-corrected chi connectivity index (χ2v) is 6.69. The van der Waals surface area contributed by atoms with Gasteiger partial charge in [0.15, 0.2) is 0 Å². The smallest absolute Gasteiger partial charge is 0.148 e. The van der Waals surface area contributed by atoms with E-state index in [4.69, 9.17) is 5.73 Å². The lowest BCUT2D eigenvalue weighted by Crippen LogP contribution is -2.56. The van der Waals surface area contributed by atoms with E-state index in [9.17, 15) is 10.5 Å². The highest BCUT2D eigenvalue weighted by Crippen LogP contribution is 2.36. The van der Waals surface area contributed by atoms with E-state index in [1.165, 1.54) is 11.8 Å². The Morgan fingerprint density at radius 2 is 1.88 bits per heavy atom. The van der Waals surface area contributed by atoms with Gasteiger partial charge in [0.2, 0.25) is 0 Å². The van der Waals surface area contributed by atoms with Crippen molar-refractivity contribution in [2.24, 2.45) is 5.73 Å². The summed E-state index contributed by atoms with van der Waals surface area (Å²) < 4.78 is 0. The molecule has 0 amide bonds. The zero-order valence-corrected chi connectivity index (χ0v) is 14.2. The van der Waals surface area contributed by atoms with Crippen molar-refractivity contribution in [1.29, 1.82) is 10.5 Å². The van der Waals surface area contributed by atoms with Gasteiger partial charge < -0.3 is 10.6 Å². The molecule has 120 valence electrons. The average molecular weight is 335 g/mol. The van der Waals surface area contributed by atoms with E-state index >= 15 is 0 Å². The van der Waals surface area contributed by atoms with E-state index in [0.29, 0.717) is 41.5 Å². The highest BCUT2D eigenvalue weighted by Gasteiger charge is 2.29. The normalized spacial score (nSPS) is 13.9. The predicted octanol–water partition coefficient (Wildman–Crippen LogP) is 2.69. The van der Waals surface area contributed by atoms with Crippen LogP contribution in [0.2, 0.25) is 0 Å². The van der Waals surface area contributed by atoms with E-state index in [1.54, 1.807) is 0 Å². The Morgan fingerprint density at radius 3 is 2.42 bits per heavy atom. The van der Waals surface area contributed by atoms with Crippen molar-refractivity contribution in [2.45, 2.75) is 29.3 Å². The third-order valence-corrected chi connectivity index (χ3v) is 4.99. The van der Waals surface area contributed by atoms with Crippen LogP contribution in [0.4, 0.5) is 5.82 Å². The number of rotatable bonds is 4. The van der Waals surface area contributed by atoms with Gasteiger partial charge in [-0.2, -0.15) is 10.5 Å². The van der Waals surface area contributed by atoms with Crippen molar-refractivity contribution < 1.29 is 0 Å². The summed E-state index contributed by atoms with van der Waals surface area (Å²) in [4.78, 5) is 7.69. The number of anilines is 1. The van der Waals surface area contributed by atoms with Crippen molar-refractivity contribution in [1.82, 2.24) is 4.98 Å². The zero-order valence-electron chi connectivity index (χ0n) is 13.4. The van der Waals surface area contributed by atoms with Crippen molar-refractivity contribution in [3.05, 3.63) is 47.0 Å². The molecule has 3 rings (SSSR count). The fourth-order valence-corrected chi connectivity index (χ4v) is 3.69. The van der Waals surface area contributed by atoms with Crippen molar-refractivity contribution in [3.63, 3.8) is 0 Å². The summed E-state index contributed by atoms with van der Waals surface area (Å²) in [5, 5.41) is 19.9. The molecule has 2 aromatic rings. The van der Waals surface area contributed by atoms with Crippen molar-refractivity contribution >= 4 is 17.6 Å². The monoisotopic (exact) mass is 335 g/mol. The maximum atomic E-state index is 9.62. The molecule has 0 spiro atoms. The van der Waals surface area contributed by atoms with Crippen LogP contribution < -0.4 is 10.6 Å². The summed E-state index contributed by atoms with van der Waals surface area (Å²) in [5.41, 5.74) is 7.64. The van der Waals surface area contributed by atoms with Crippen LogP contribution in [-0.4, -0.2) is 24.1 Å². The Bertz CT molecular complexity index is 829. The second kappa shape index (κ2) is 6.92. The molecule has 0 radical (unpaired) electrons. The van der Waals surface area contributed by atoms with E-state index in [0.717, 1.165) is 10.5 Å². The molecule has 1 aromatic carbocycles. The van der Waals surface area contributed by atoms with Crippen LogP contribution in [0.25, 0.3) is 0 Å². The van der Waals surface area contributed by atoms with Crippen LogP contribution in [0.5, 0.6) is 0 Å². The lowest BCUT2D eigenvalue weighted by Gasteiger charge is -2.38. The molecule has 0 saturated carbocycles. The average Bonchev–Trinajstić information content (AvgIpc) is 2.58. The zero-order chi connectivity index (χ0) is 17.1. The molecule has 24 heavy (non-hydrogen) atoms. The Hall–Kier alpha value is -2.54. The predicted molar refractivity (Wildman–Crippen MR) is 93.8 cm³/mol. The third-order valence-electron chi connectivity index (χ3n) is 3.99. The first-order valence-electron chi connectivity index (χ1n) is 7.78. The number of nitrogens with zero attached hydrogens (tertiary/aromatic N) is 4. The molecule has 1 aliphatic heterocycles. The van der Waals surface area contributed by atoms with E-state index in [-0.39, 0.29) is 6.04 Å². The van der Waals surface area contributed by atoms with Gasteiger partial charge in [-0.15, -0.1) is 0 Å². The molecule has 1 aromatic heterocycles. The van der Waals surface area contributed by atoms with Gasteiger partial charge in [-0.3, -0.25) is 0 Å². The summed E-state index contributed by atoms with van der Waals surface area (Å²) in [6.45, 7) is 3.33. The molecule has 2 heterocycles. The molecule has 5 nitrogen and oxygen atoms in total. The largest absolute Gasteiger partial charge is 0.352 e. The molecule has 1 fully saturated rings. The standard InChI is InChI=1S/C18H17N5S/c1-2-14-15(8-19)17(23-10-12(21)11-23)22-18(16(14)9-20)24-13-6-4-3-5-7-13/h3-7,12H,2,10-11,21H2,1H3. The lowest BCUT2D eigenvalue weighted by atomic mass is 10.00. The number of pyridine rings is 1. The van der Waals surface area contributed by atoms with E-state index in [1.807, 2.05) is 42.2 Å². The highest BCUT2D eigenvalue weighted by atomic mass is 32.2. The van der Waals surface area contributed by atoms with Crippen LogP contribution in [-0.2, 0) is 6.42 Å². The van der Waals surface area contributed by atoms with Crippen LogP contribution in [0.1, 0.15) is 23.6 Å². The van der Waals surface area contributed by atoms with Crippen LogP contribution in [0, 0.1) is 22.7 Å². The summed E-state index contributed by atoms with van der Waals surface area (Å²) in [7, 11) is 0. The number of nitrogens with two attached hydrogens (primary N) is 1. The molecule has 1 saturated heterocycles. The van der Waals surface area contributed by atoms with Gasteiger partial charge in [-0.25, -0.2) is 4.98 Å². The Balaban J connectivity index is 2.12. The Labute approximate surface area is 145 Å². The molecule has 2 N–H and O–H groups in total. The molecular weight excluding hydrogens is 318 g/mol. The summed E-state index contributed by atoms with van der Waals surface area (Å²) in [6.07, 6.45) is 0.615. The fourth-order valence-electron chi connectivity index (χ4n) is 2.77. The first-order chi connectivity index (χ1) is 11.7. The molecule has 0 aliphatic carbocycles. The molecular formula is C18H17N5S. The number of hydrogen-bond acceptors (Lipinski definition) is 6. The summed E-state index contributed by atoms with van der Waals surface area (Å²) >= 11 is 1.45. The van der Waals surface area contributed by atoms with Crippen LogP contribution in [0.15, 0.2) is 40.3 Å². The minimum Gasteiger partial charge on any atom is -0.352 e. The third kappa shape index (κ3) is 2.94. The minimum absolute atomic E-state index is 0.115. The first-order valence-corrected chi connectivity index (χ1v) is 8.60. The number of hydrogen-bond donors (Lipinski definition) is 1. The minimum atomic E-state index is 0.115. The molecule has 1 aliphatic rings. The van der Waals surface area contributed by atoms with Gasteiger partial charge in [-0.05, 0) is 24.1 Å². The van der Waals surface area contributed by atoms with Gasteiger partial charge in [0.05, 0.1) is 11.1 Å². The topological polar surface area (TPSA) is 89.7 Å². The van der Waals surface area contributed by atoms with Gasteiger partial charge in [0.1, 0.15) is 23.0 Å². The summed E-state index contributed by atoms with van der Waals surface area (Å²) in [6, 6.07) is 14.4. The van der Waals surface area contributed by atoms with Gasteiger partial charge >= 0.3 is 0 Å².